The zero-order chi connectivity index (χ0) is 20.0. The zero-order valence-corrected chi connectivity index (χ0v) is 17.1. The predicted octanol–water partition coefficient (Wildman–Crippen LogP) is 4.07. The fourth-order valence-corrected chi connectivity index (χ4v) is 4.63. The number of hydrogen-bond acceptors (Lipinski definition) is 6. The highest BCUT2D eigenvalue weighted by molar-refractivity contribution is 6.42. The molecule has 0 radical (unpaired) electrons. The fourth-order valence-electron chi connectivity index (χ4n) is 4.30. The lowest BCUT2D eigenvalue weighted by molar-refractivity contribution is 0.170. The van der Waals surface area contributed by atoms with Gasteiger partial charge in [-0.3, -0.25) is 4.68 Å². The summed E-state index contributed by atoms with van der Waals surface area (Å²) in [5.74, 6) is 1.65. The van der Waals surface area contributed by atoms with Gasteiger partial charge in [-0.05, 0) is 31.0 Å². The van der Waals surface area contributed by atoms with Gasteiger partial charge in [0.1, 0.15) is 16.6 Å². The molecule has 0 saturated carbocycles. The first-order valence-electron chi connectivity index (χ1n) is 9.52. The number of halogens is 2. The molecule has 1 atom stereocenters. The minimum Gasteiger partial charge on any atom is -0.436 e. The molecule has 2 N–H and O–H groups in total. The molecule has 2 aliphatic heterocycles. The van der Waals surface area contributed by atoms with Gasteiger partial charge in [0.25, 0.3) is 0 Å². The molecular formula is C20H20Cl2N6O. The molecule has 150 valence electrons. The molecule has 0 amide bonds. The maximum absolute atomic E-state index is 6.56. The van der Waals surface area contributed by atoms with Crippen LogP contribution in [-0.2, 0) is 6.54 Å². The van der Waals surface area contributed by atoms with E-state index in [2.05, 4.69) is 20.0 Å². The number of hydrogen-bond donors (Lipinski definition) is 1. The van der Waals surface area contributed by atoms with Crippen molar-refractivity contribution in [3.63, 3.8) is 0 Å². The van der Waals surface area contributed by atoms with Gasteiger partial charge < -0.3 is 15.4 Å². The smallest absolute Gasteiger partial charge is 0.238 e. The van der Waals surface area contributed by atoms with Crippen LogP contribution in [-0.4, -0.2) is 32.8 Å². The van der Waals surface area contributed by atoms with Gasteiger partial charge in [-0.15, -0.1) is 0 Å². The van der Waals surface area contributed by atoms with Crippen LogP contribution in [0, 0.1) is 5.41 Å². The highest BCUT2D eigenvalue weighted by Gasteiger charge is 2.46. The van der Waals surface area contributed by atoms with Gasteiger partial charge in [0.2, 0.25) is 5.88 Å². The van der Waals surface area contributed by atoms with Crippen LogP contribution in [0.2, 0.25) is 10.0 Å². The van der Waals surface area contributed by atoms with Crippen molar-refractivity contribution in [2.75, 3.05) is 18.0 Å². The molecule has 1 saturated heterocycles. The number of nitrogens with zero attached hydrogens (tertiary/aromatic N) is 5. The second-order valence-corrected chi connectivity index (χ2v) is 8.39. The Hall–Kier alpha value is -2.35. The van der Waals surface area contributed by atoms with Crippen LogP contribution in [0.4, 0.5) is 5.82 Å². The van der Waals surface area contributed by atoms with Gasteiger partial charge in [0.15, 0.2) is 0 Å². The van der Waals surface area contributed by atoms with Crippen molar-refractivity contribution >= 4 is 29.0 Å². The van der Waals surface area contributed by atoms with E-state index in [1.807, 2.05) is 16.9 Å². The highest BCUT2D eigenvalue weighted by atomic mass is 35.5. The number of nitrogens with two attached hydrogens (primary N) is 1. The van der Waals surface area contributed by atoms with E-state index >= 15 is 0 Å². The van der Waals surface area contributed by atoms with E-state index in [0.717, 1.165) is 44.0 Å². The van der Waals surface area contributed by atoms with Gasteiger partial charge >= 0.3 is 0 Å². The van der Waals surface area contributed by atoms with Crippen LogP contribution < -0.4 is 15.4 Å². The van der Waals surface area contributed by atoms with E-state index in [-0.39, 0.29) is 11.5 Å². The van der Waals surface area contributed by atoms with E-state index in [0.29, 0.717) is 21.7 Å². The molecule has 4 heterocycles. The summed E-state index contributed by atoms with van der Waals surface area (Å²) < 4.78 is 7.76. The average Bonchev–Trinajstić information content (AvgIpc) is 3.28. The van der Waals surface area contributed by atoms with Crippen molar-refractivity contribution < 1.29 is 4.74 Å². The van der Waals surface area contributed by atoms with Crippen LogP contribution in [0.25, 0.3) is 0 Å². The molecule has 0 aliphatic carbocycles. The van der Waals surface area contributed by atoms with E-state index in [9.17, 15) is 0 Å². The quantitative estimate of drug-likeness (QED) is 0.673. The molecule has 1 aromatic carbocycles. The second-order valence-electron chi connectivity index (χ2n) is 7.61. The molecule has 1 spiro atoms. The van der Waals surface area contributed by atoms with Crippen LogP contribution in [0.3, 0.4) is 0 Å². The van der Waals surface area contributed by atoms with Crippen molar-refractivity contribution in [2.24, 2.45) is 11.1 Å². The number of aromatic nitrogens is 4. The molecule has 2 aliphatic rings. The Morgan fingerprint density at radius 3 is 2.66 bits per heavy atom. The van der Waals surface area contributed by atoms with Crippen LogP contribution in [0.5, 0.6) is 11.6 Å². The van der Waals surface area contributed by atoms with Crippen LogP contribution in [0.1, 0.15) is 24.6 Å². The number of ether oxygens (including phenoxy) is 1. The third kappa shape index (κ3) is 3.23. The zero-order valence-electron chi connectivity index (χ0n) is 15.6. The summed E-state index contributed by atoms with van der Waals surface area (Å²) in [5.41, 5.74) is 7.78. The molecule has 0 bridgehead atoms. The van der Waals surface area contributed by atoms with Crippen molar-refractivity contribution in [3.8, 4) is 11.6 Å². The summed E-state index contributed by atoms with van der Waals surface area (Å²) in [5, 5.41) is 5.19. The lowest BCUT2D eigenvalue weighted by atomic mass is 9.73. The lowest BCUT2D eigenvalue weighted by Gasteiger charge is -2.41. The van der Waals surface area contributed by atoms with Crippen molar-refractivity contribution in [3.05, 3.63) is 58.6 Å². The summed E-state index contributed by atoms with van der Waals surface area (Å²) in [6.45, 7) is 2.66. The summed E-state index contributed by atoms with van der Waals surface area (Å²) >= 11 is 12.2. The minimum absolute atomic E-state index is 0.0384. The topological polar surface area (TPSA) is 82.1 Å². The summed E-state index contributed by atoms with van der Waals surface area (Å²) in [7, 11) is 0. The minimum atomic E-state index is 0.0384. The van der Waals surface area contributed by atoms with Gasteiger partial charge in [-0.25, -0.2) is 9.97 Å². The second kappa shape index (κ2) is 7.16. The summed E-state index contributed by atoms with van der Waals surface area (Å²) in [4.78, 5) is 11.1. The Morgan fingerprint density at radius 1 is 1.10 bits per heavy atom. The SMILES string of the molecule is NC1c2ccnn2CC12CCN(c1cnc(Oc3cccc(Cl)c3Cl)cn1)CC2. The van der Waals surface area contributed by atoms with E-state index in [1.54, 1.807) is 30.6 Å². The average molecular weight is 431 g/mol. The number of anilines is 1. The molecular weight excluding hydrogens is 411 g/mol. The molecule has 1 unspecified atom stereocenters. The monoisotopic (exact) mass is 430 g/mol. The van der Waals surface area contributed by atoms with Crippen molar-refractivity contribution in [1.82, 2.24) is 19.7 Å². The van der Waals surface area contributed by atoms with Crippen LogP contribution >= 0.6 is 23.2 Å². The number of benzene rings is 1. The highest BCUT2D eigenvalue weighted by Crippen LogP contribution is 2.47. The third-order valence-corrected chi connectivity index (χ3v) is 6.82. The van der Waals surface area contributed by atoms with E-state index < -0.39 is 0 Å². The molecule has 2 aromatic heterocycles. The maximum Gasteiger partial charge on any atom is 0.238 e. The normalized spacial score (nSPS) is 20.1. The Morgan fingerprint density at radius 2 is 1.93 bits per heavy atom. The number of fused-ring (bicyclic) bond motifs is 1. The first kappa shape index (κ1) is 18.7. The van der Waals surface area contributed by atoms with E-state index in [1.165, 1.54) is 0 Å². The Kier molecular flexibility index (Phi) is 4.61. The van der Waals surface area contributed by atoms with Gasteiger partial charge in [0.05, 0.1) is 29.2 Å². The van der Waals surface area contributed by atoms with E-state index in [4.69, 9.17) is 33.7 Å². The van der Waals surface area contributed by atoms with Gasteiger partial charge in [-0.1, -0.05) is 29.3 Å². The van der Waals surface area contributed by atoms with Crippen molar-refractivity contribution in [2.45, 2.75) is 25.4 Å². The standard InChI is InChI=1S/C20H20Cl2N6O/c21-13-2-1-3-15(18(13)22)29-17-11-24-16(10-25-17)27-8-5-20(6-9-27)12-28-14(19(20)23)4-7-26-28/h1-4,7,10-11,19H,5-6,8-9,12,23H2. The summed E-state index contributed by atoms with van der Waals surface area (Å²) in [6, 6.07) is 7.29. The lowest BCUT2D eigenvalue weighted by Crippen LogP contribution is -2.45. The fraction of sp³-hybridized carbons (Fsp3) is 0.350. The molecule has 29 heavy (non-hydrogen) atoms. The molecule has 5 rings (SSSR count). The third-order valence-electron chi connectivity index (χ3n) is 6.02. The molecule has 3 aromatic rings. The van der Waals surface area contributed by atoms with Gasteiger partial charge in [0, 0.05) is 31.2 Å². The molecule has 9 heteroatoms. The number of rotatable bonds is 3. The Balaban J connectivity index is 1.25. The number of piperidine rings is 1. The Labute approximate surface area is 178 Å². The Bertz CT molecular complexity index is 1030. The maximum atomic E-state index is 6.56. The van der Waals surface area contributed by atoms with Gasteiger partial charge in [-0.2, -0.15) is 5.10 Å². The summed E-state index contributed by atoms with van der Waals surface area (Å²) in [6.07, 6.45) is 7.15. The first-order chi connectivity index (χ1) is 14.1. The van der Waals surface area contributed by atoms with Crippen LogP contribution in [0.15, 0.2) is 42.9 Å². The first-order valence-corrected chi connectivity index (χ1v) is 10.3. The molecule has 1 fully saturated rings. The van der Waals surface area contributed by atoms with Crippen molar-refractivity contribution in [1.29, 1.82) is 0 Å². The molecule has 7 nitrogen and oxygen atoms in total. The predicted molar refractivity (Wildman–Crippen MR) is 112 cm³/mol. The largest absolute Gasteiger partial charge is 0.436 e.